The van der Waals surface area contributed by atoms with E-state index in [1.54, 1.807) is 0 Å². The zero-order valence-corrected chi connectivity index (χ0v) is 29.1. The van der Waals surface area contributed by atoms with E-state index in [-0.39, 0.29) is 0 Å². The molecule has 0 aliphatic rings. The summed E-state index contributed by atoms with van der Waals surface area (Å²) in [5.74, 6) is 0.919. The second kappa shape index (κ2) is 12.1. The van der Waals surface area contributed by atoms with Crippen LogP contribution in [0.25, 0.3) is 105 Å². The van der Waals surface area contributed by atoms with E-state index in [1.807, 2.05) is 24.3 Å². The van der Waals surface area contributed by atoms with Crippen molar-refractivity contribution in [3.05, 3.63) is 188 Å². The van der Waals surface area contributed by atoms with Crippen LogP contribution in [-0.2, 0) is 0 Å². The van der Waals surface area contributed by atoms with Crippen LogP contribution in [0.3, 0.4) is 0 Å². The number of benzene rings is 8. The summed E-state index contributed by atoms with van der Waals surface area (Å²) in [6, 6.07) is 66.0. The molecule has 11 rings (SSSR count). The molecular weight excluding hydrogens is 659 g/mol. The van der Waals surface area contributed by atoms with Gasteiger partial charge in [-0.25, -0.2) is 9.97 Å². The monoisotopic (exact) mass is 689 g/mol. The van der Waals surface area contributed by atoms with Gasteiger partial charge in [0.15, 0.2) is 0 Å². The van der Waals surface area contributed by atoms with Gasteiger partial charge in [-0.05, 0) is 65.2 Å². The van der Waals surface area contributed by atoms with E-state index in [9.17, 15) is 0 Å². The van der Waals surface area contributed by atoms with Crippen molar-refractivity contribution in [2.45, 2.75) is 0 Å². The molecule has 3 aromatic heterocycles. The highest BCUT2D eigenvalue weighted by molar-refractivity contribution is 6.27. The Kier molecular flexibility index (Phi) is 6.82. The van der Waals surface area contributed by atoms with Crippen molar-refractivity contribution in [1.82, 2.24) is 14.5 Å². The molecule has 0 spiro atoms. The molecule has 0 unspecified atom stereocenters. The molecular formula is C50H31N3O. The Balaban J connectivity index is 1.12. The van der Waals surface area contributed by atoms with Gasteiger partial charge in [0, 0.05) is 49.3 Å². The Morgan fingerprint density at radius 1 is 0.389 bits per heavy atom. The lowest BCUT2D eigenvalue weighted by atomic mass is 9.88. The van der Waals surface area contributed by atoms with Gasteiger partial charge in [-0.1, -0.05) is 140 Å². The third kappa shape index (κ3) is 4.78. The molecule has 0 bridgehead atoms. The molecule has 0 atom stereocenters. The van der Waals surface area contributed by atoms with Gasteiger partial charge in [0.2, 0.25) is 0 Å². The SMILES string of the molecule is c1ccc(-c2nc3ccccc3c3c(-c4cccc(-c5ccc(-c6nc7ccccc7n6-c6ccccc6)cc5)c4)c4c(cc23)oc2ccccc24)cc1. The first-order valence-electron chi connectivity index (χ1n) is 18.2. The minimum atomic E-state index is 0.851. The third-order valence-corrected chi connectivity index (χ3v) is 10.6. The number of nitrogens with zero attached hydrogens (tertiary/aromatic N) is 3. The summed E-state index contributed by atoms with van der Waals surface area (Å²) in [6.45, 7) is 0. The van der Waals surface area contributed by atoms with Gasteiger partial charge in [-0.2, -0.15) is 0 Å². The van der Waals surface area contributed by atoms with Crippen LogP contribution in [0, 0.1) is 0 Å². The largest absolute Gasteiger partial charge is 0.456 e. The number of pyridine rings is 1. The van der Waals surface area contributed by atoms with Gasteiger partial charge in [-0.3, -0.25) is 4.57 Å². The summed E-state index contributed by atoms with van der Waals surface area (Å²) < 4.78 is 8.87. The molecule has 54 heavy (non-hydrogen) atoms. The van der Waals surface area contributed by atoms with Crippen molar-refractivity contribution in [1.29, 1.82) is 0 Å². The predicted octanol–water partition coefficient (Wildman–Crippen LogP) is 13.3. The standard InChI is InChI=1S/C50H31N3O/c1-3-14-33(15-4-1)49-40-31-45-48(39-21-8-12-25-44(39)54-45)46(47(40)38-20-7-9-22-41(38)51-49)36-17-13-16-35(30-36)32-26-28-34(29-27-32)50-52-42-23-10-11-24-43(42)53(50)37-18-5-2-6-19-37/h1-31H. The lowest BCUT2D eigenvalue weighted by Gasteiger charge is -2.16. The number of furan rings is 1. The Hall–Kier alpha value is -7.30. The number of hydrogen-bond donors (Lipinski definition) is 0. The molecule has 0 amide bonds. The molecule has 0 radical (unpaired) electrons. The Morgan fingerprint density at radius 3 is 1.87 bits per heavy atom. The number of imidazole rings is 1. The van der Waals surface area contributed by atoms with Crippen LogP contribution >= 0.6 is 0 Å². The van der Waals surface area contributed by atoms with E-state index in [0.717, 1.165) is 99.8 Å². The van der Waals surface area contributed by atoms with Crippen LogP contribution in [0.1, 0.15) is 0 Å². The fourth-order valence-electron chi connectivity index (χ4n) is 8.15. The van der Waals surface area contributed by atoms with Crippen LogP contribution in [0.5, 0.6) is 0 Å². The molecule has 0 aliphatic carbocycles. The summed E-state index contributed by atoms with van der Waals surface area (Å²) in [5, 5.41) is 5.57. The molecule has 252 valence electrons. The summed E-state index contributed by atoms with van der Waals surface area (Å²) in [7, 11) is 0. The number of hydrogen-bond acceptors (Lipinski definition) is 3. The summed E-state index contributed by atoms with van der Waals surface area (Å²) in [5.41, 5.74) is 13.4. The summed E-state index contributed by atoms with van der Waals surface area (Å²) in [6.07, 6.45) is 0. The molecule has 3 heterocycles. The highest BCUT2D eigenvalue weighted by Gasteiger charge is 2.22. The van der Waals surface area contributed by atoms with Crippen molar-refractivity contribution in [3.63, 3.8) is 0 Å². The molecule has 8 aromatic carbocycles. The first kappa shape index (κ1) is 30.3. The Labute approximate surface area is 311 Å². The number of aromatic nitrogens is 3. The molecule has 0 saturated carbocycles. The molecule has 0 N–H and O–H groups in total. The van der Waals surface area contributed by atoms with Crippen molar-refractivity contribution in [3.8, 4) is 50.6 Å². The molecule has 11 aromatic rings. The van der Waals surface area contributed by atoms with Gasteiger partial charge in [0.1, 0.15) is 17.0 Å². The van der Waals surface area contributed by atoms with Gasteiger partial charge >= 0.3 is 0 Å². The van der Waals surface area contributed by atoms with E-state index >= 15 is 0 Å². The maximum absolute atomic E-state index is 6.62. The first-order valence-corrected chi connectivity index (χ1v) is 18.2. The predicted molar refractivity (Wildman–Crippen MR) is 223 cm³/mol. The lowest BCUT2D eigenvalue weighted by Crippen LogP contribution is -1.97. The second-order valence-electron chi connectivity index (χ2n) is 13.7. The average molecular weight is 690 g/mol. The van der Waals surface area contributed by atoms with Crippen molar-refractivity contribution >= 4 is 54.6 Å². The third-order valence-electron chi connectivity index (χ3n) is 10.6. The van der Waals surface area contributed by atoms with E-state index in [1.165, 1.54) is 5.39 Å². The summed E-state index contributed by atoms with van der Waals surface area (Å²) in [4.78, 5) is 10.4. The van der Waals surface area contributed by atoms with Gasteiger partial charge in [-0.15, -0.1) is 0 Å². The number of rotatable bonds is 5. The quantitative estimate of drug-likeness (QED) is 0.169. The van der Waals surface area contributed by atoms with E-state index < -0.39 is 0 Å². The molecule has 0 fully saturated rings. The van der Waals surface area contributed by atoms with Crippen molar-refractivity contribution in [2.75, 3.05) is 0 Å². The van der Waals surface area contributed by atoms with Gasteiger partial charge in [0.25, 0.3) is 0 Å². The second-order valence-corrected chi connectivity index (χ2v) is 13.7. The van der Waals surface area contributed by atoms with Crippen molar-refractivity contribution in [2.24, 2.45) is 0 Å². The van der Waals surface area contributed by atoms with Gasteiger partial charge in [0.05, 0.1) is 22.2 Å². The fourth-order valence-corrected chi connectivity index (χ4v) is 8.15. The van der Waals surface area contributed by atoms with Crippen LogP contribution < -0.4 is 0 Å². The number of fused-ring (bicyclic) bond motifs is 7. The highest BCUT2D eigenvalue weighted by Crippen LogP contribution is 2.46. The maximum Gasteiger partial charge on any atom is 0.145 e. The Bertz CT molecular complexity index is 3200. The Morgan fingerprint density at radius 2 is 1.04 bits per heavy atom. The smallest absolute Gasteiger partial charge is 0.145 e. The minimum absolute atomic E-state index is 0.851. The lowest BCUT2D eigenvalue weighted by molar-refractivity contribution is 0.669. The minimum Gasteiger partial charge on any atom is -0.456 e. The number of para-hydroxylation sites is 5. The van der Waals surface area contributed by atoms with Crippen LogP contribution in [0.4, 0.5) is 0 Å². The zero-order valence-electron chi connectivity index (χ0n) is 29.1. The highest BCUT2D eigenvalue weighted by atomic mass is 16.3. The van der Waals surface area contributed by atoms with E-state index in [4.69, 9.17) is 14.4 Å². The van der Waals surface area contributed by atoms with Crippen LogP contribution in [-0.4, -0.2) is 14.5 Å². The van der Waals surface area contributed by atoms with E-state index in [2.05, 4.69) is 168 Å². The zero-order chi connectivity index (χ0) is 35.6. The normalized spacial score (nSPS) is 11.7. The van der Waals surface area contributed by atoms with Crippen LogP contribution in [0.15, 0.2) is 192 Å². The average Bonchev–Trinajstić information content (AvgIpc) is 3.82. The summed E-state index contributed by atoms with van der Waals surface area (Å²) >= 11 is 0. The fraction of sp³-hybridized carbons (Fsp3) is 0. The molecule has 0 aliphatic heterocycles. The molecule has 4 heteroatoms. The van der Waals surface area contributed by atoms with Crippen LogP contribution in [0.2, 0.25) is 0 Å². The molecule has 0 saturated heterocycles. The van der Waals surface area contributed by atoms with E-state index in [0.29, 0.717) is 0 Å². The molecule has 4 nitrogen and oxygen atoms in total. The first-order chi connectivity index (χ1) is 26.8. The van der Waals surface area contributed by atoms with Gasteiger partial charge < -0.3 is 4.42 Å². The topological polar surface area (TPSA) is 43.9 Å². The van der Waals surface area contributed by atoms with Crippen molar-refractivity contribution < 1.29 is 4.42 Å². The maximum atomic E-state index is 6.62.